The highest BCUT2D eigenvalue weighted by Crippen LogP contribution is 2.49. The Balaban J connectivity index is 1.40. The Bertz CT molecular complexity index is 2410. The molecule has 0 bridgehead atoms. The first-order valence-corrected chi connectivity index (χ1v) is 15.6. The highest BCUT2D eigenvalue weighted by atomic mass is 19.4. The second-order valence-electron chi connectivity index (χ2n) is 12.2. The molecule has 3 amide bonds. The van der Waals surface area contributed by atoms with Gasteiger partial charge in [-0.1, -0.05) is 18.2 Å². The van der Waals surface area contributed by atoms with E-state index < -0.39 is 58.4 Å². The summed E-state index contributed by atoms with van der Waals surface area (Å²) in [4.78, 5) is 80.6. The van der Waals surface area contributed by atoms with Crippen LogP contribution in [0.3, 0.4) is 0 Å². The molecule has 0 spiro atoms. The number of benzene rings is 4. The third-order valence-corrected chi connectivity index (χ3v) is 9.12. The average Bonchev–Trinajstić information content (AvgIpc) is 3.50. The molecule has 6 rings (SSSR count). The average molecular weight is 730 g/mol. The molecule has 1 N–H and O–H groups in total. The predicted molar refractivity (Wildman–Crippen MR) is 182 cm³/mol. The van der Waals surface area contributed by atoms with Gasteiger partial charge in [-0.3, -0.25) is 19.2 Å². The van der Waals surface area contributed by atoms with Crippen LogP contribution in [0.5, 0.6) is 23.0 Å². The molecule has 268 valence electrons. The minimum atomic E-state index is -5.03. The summed E-state index contributed by atoms with van der Waals surface area (Å²) < 4.78 is 75.6. The van der Waals surface area contributed by atoms with Crippen LogP contribution in [-0.4, -0.2) is 54.5 Å². The van der Waals surface area contributed by atoms with E-state index in [-0.39, 0.29) is 62.2 Å². The van der Waals surface area contributed by atoms with Crippen molar-refractivity contribution in [3.05, 3.63) is 112 Å². The number of nitrogens with zero attached hydrogens (tertiary/aromatic N) is 2. The van der Waals surface area contributed by atoms with Gasteiger partial charge >= 0.3 is 18.2 Å². The van der Waals surface area contributed by atoms with E-state index in [9.17, 15) is 28.8 Å². The van der Waals surface area contributed by atoms with E-state index in [1.54, 1.807) is 0 Å². The smallest absolute Gasteiger partial charge is 0.438 e. The lowest BCUT2D eigenvalue weighted by Gasteiger charge is -2.34. The second-order valence-corrected chi connectivity index (χ2v) is 12.2. The molecule has 15 heteroatoms. The van der Waals surface area contributed by atoms with Crippen LogP contribution < -0.4 is 19.1 Å². The van der Waals surface area contributed by atoms with E-state index in [0.29, 0.717) is 17.8 Å². The molecule has 0 aromatic heterocycles. The fourth-order valence-electron chi connectivity index (χ4n) is 6.14. The van der Waals surface area contributed by atoms with Gasteiger partial charge in [0.1, 0.15) is 28.9 Å². The van der Waals surface area contributed by atoms with Crippen molar-refractivity contribution in [2.45, 2.75) is 32.4 Å². The molecule has 0 saturated carbocycles. The number of ether oxygens (including phenoxy) is 3. The van der Waals surface area contributed by atoms with Crippen molar-refractivity contribution in [2.24, 2.45) is 10.9 Å². The van der Waals surface area contributed by atoms with E-state index in [4.69, 9.17) is 17.0 Å². The fourth-order valence-corrected chi connectivity index (χ4v) is 6.14. The molecule has 12 nitrogen and oxygen atoms in total. The van der Waals surface area contributed by atoms with Gasteiger partial charge in [0.25, 0.3) is 11.8 Å². The van der Waals surface area contributed by atoms with Crippen molar-refractivity contribution in [1.82, 2.24) is 0 Å². The predicted octanol–water partition coefficient (Wildman–Crippen LogP) is 7.23. The Morgan fingerprint density at radius 1 is 0.849 bits per heavy atom. The van der Waals surface area contributed by atoms with Crippen molar-refractivity contribution in [2.75, 3.05) is 4.90 Å². The van der Waals surface area contributed by atoms with Gasteiger partial charge in [0, 0.05) is 11.1 Å². The number of hydrogen-bond acceptors (Lipinski definition) is 10. The standard InChI is InChI=1S/C38H26F3N3O9/c1-18-13-20(5-11-29(18)52-31(45)17-42)37(3,38(39,40)41)21-6-12-30(53-36(50)43-4)28(14-21)44-34(48)25-10-8-23(16-27(25)35(44)49)51-22-7-9-24-26(15-22)33(47)19(2)32(24)46/h5-17,19,42H,4H2,1-3H3/i4T/hT. The first kappa shape index (κ1) is 33.4. The molecule has 0 saturated heterocycles. The molecule has 1 heterocycles. The zero-order chi connectivity index (χ0) is 40.0. The number of Topliss-reactive ketones (excluding diaryl/α,β-unsaturated/α-hetero) is 2. The highest BCUT2D eigenvalue weighted by Gasteiger charge is 2.54. The number of anilines is 1. The Hall–Kier alpha value is -6.77. The van der Waals surface area contributed by atoms with Crippen LogP contribution in [0.15, 0.2) is 77.8 Å². The lowest BCUT2D eigenvalue weighted by molar-refractivity contribution is -0.173. The molecule has 1 aliphatic carbocycles. The Morgan fingerprint density at radius 3 is 2.09 bits per heavy atom. The number of ketones is 2. The number of aryl methyl sites for hydroxylation is 1. The number of carbonyl (C=O) groups excluding carboxylic acids is 6. The third kappa shape index (κ3) is 6.05. The SMILES string of the molecule is [3H]C=NC(=O)Oc1ccc(C(C)(c2ccc(OC(=O)C=N[3H])c(C)c2)C(F)(F)F)cc1N1C(=O)c2ccc(Oc3ccc4c(c3)C(=O)C(C)C4=O)cc2C1=O. The van der Waals surface area contributed by atoms with Gasteiger partial charge in [-0.2, -0.15) is 18.2 Å². The Morgan fingerprint density at radius 2 is 1.45 bits per heavy atom. The number of imide groups is 1. The van der Waals surface area contributed by atoms with Gasteiger partial charge in [0.15, 0.2) is 18.7 Å². The molecule has 4 aromatic rings. The van der Waals surface area contributed by atoms with Crippen LogP contribution in [0.4, 0.5) is 23.7 Å². The molecule has 2 atom stereocenters. The summed E-state index contributed by atoms with van der Waals surface area (Å²) in [5.74, 6) is -5.01. The minimum Gasteiger partial charge on any atom is -0.457 e. The minimum absolute atomic E-state index is 0.0397. The molecular formula is C38H26F3N3O9. The number of aliphatic imine (C=N–C) groups is 1. The van der Waals surface area contributed by atoms with Crippen molar-refractivity contribution >= 4 is 54.0 Å². The number of esters is 1. The van der Waals surface area contributed by atoms with E-state index in [1.807, 2.05) is 0 Å². The summed E-state index contributed by atoms with van der Waals surface area (Å²) in [6, 6.07) is 14.2. The summed E-state index contributed by atoms with van der Waals surface area (Å²) >= 11 is 0. The maximum Gasteiger partial charge on any atom is 0.438 e. The number of nitrogens with one attached hydrogen (secondary N) is 1. The lowest BCUT2D eigenvalue weighted by atomic mass is 9.75. The zero-order valence-corrected chi connectivity index (χ0v) is 27.8. The number of amides is 3. The summed E-state index contributed by atoms with van der Waals surface area (Å²) in [6.07, 6.45) is -5.83. The molecule has 53 heavy (non-hydrogen) atoms. The van der Waals surface area contributed by atoms with Gasteiger partial charge in [0.05, 0.1) is 24.1 Å². The molecular weight excluding hydrogens is 699 g/mol. The summed E-state index contributed by atoms with van der Waals surface area (Å²) in [7, 11) is 0. The van der Waals surface area contributed by atoms with Crippen molar-refractivity contribution in [3.63, 3.8) is 0 Å². The summed E-state index contributed by atoms with van der Waals surface area (Å²) in [5, 5.41) is 2.80. The molecule has 1 aliphatic heterocycles. The number of hydrogen-bond donors (Lipinski definition) is 1. The molecule has 2 aliphatic rings. The number of fused-ring (bicyclic) bond motifs is 2. The summed E-state index contributed by atoms with van der Waals surface area (Å²) in [6.45, 7) is 4.10. The monoisotopic (exact) mass is 729 g/mol. The van der Waals surface area contributed by atoms with Crippen LogP contribution in [0.2, 0.25) is 1.41 Å². The van der Waals surface area contributed by atoms with Crippen LogP contribution >= 0.6 is 0 Å². The Kier molecular flexibility index (Phi) is 8.24. The number of alkyl halides is 3. The first-order valence-electron chi connectivity index (χ1n) is 16.6. The van der Waals surface area contributed by atoms with Crippen LogP contribution in [-0.2, 0) is 10.2 Å². The van der Waals surface area contributed by atoms with Gasteiger partial charge in [-0.05, 0) is 98.8 Å². The maximum atomic E-state index is 15.2. The van der Waals surface area contributed by atoms with Crippen molar-refractivity contribution in [3.8, 4) is 23.0 Å². The molecule has 4 aromatic carbocycles. The van der Waals surface area contributed by atoms with E-state index >= 15 is 13.2 Å². The second kappa shape index (κ2) is 13.1. The van der Waals surface area contributed by atoms with Gasteiger partial charge in [-0.25, -0.2) is 14.5 Å². The van der Waals surface area contributed by atoms with E-state index in [1.165, 1.54) is 50.2 Å². The van der Waals surface area contributed by atoms with Gasteiger partial charge in [0.2, 0.25) is 0 Å². The molecule has 2 unspecified atom stereocenters. The molecule has 0 radical (unpaired) electrons. The topological polar surface area (TPSA) is 170 Å². The first-order chi connectivity index (χ1) is 26.0. The van der Waals surface area contributed by atoms with Gasteiger partial charge in [-0.15, -0.1) is 0 Å². The maximum absolute atomic E-state index is 15.2. The van der Waals surface area contributed by atoms with E-state index in [0.717, 1.165) is 43.3 Å². The lowest BCUT2D eigenvalue weighted by Crippen LogP contribution is -2.41. The summed E-state index contributed by atoms with van der Waals surface area (Å²) in [5.41, 5.74) is -4.09. The van der Waals surface area contributed by atoms with Crippen molar-refractivity contribution < 1.29 is 58.9 Å². The van der Waals surface area contributed by atoms with Crippen LogP contribution in [0, 0.1) is 18.2 Å². The number of rotatable bonds is 8. The van der Waals surface area contributed by atoms with Crippen molar-refractivity contribution in [1.29, 1.82) is 5.40 Å². The Labute approximate surface area is 301 Å². The normalized spacial score (nSPS) is 17.1. The van der Waals surface area contributed by atoms with Crippen LogP contribution in [0.25, 0.3) is 0 Å². The third-order valence-electron chi connectivity index (χ3n) is 9.12. The fraction of sp³-hybridized carbons (Fsp3) is 0.158. The number of halogens is 3. The van der Waals surface area contributed by atoms with Crippen LogP contribution in [0.1, 0.15) is 73.3 Å². The zero-order valence-electron chi connectivity index (χ0n) is 29.8. The largest absolute Gasteiger partial charge is 0.457 e. The highest BCUT2D eigenvalue weighted by molar-refractivity contribution is 6.35. The van der Waals surface area contributed by atoms with Gasteiger partial charge < -0.3 is 19.6 Å². The number of carbonyl (C=O) groups is 6. The molecule has 0 fully saturated rings. The quantitative estimate of drug-likeness (QED) is 0.0647. The van der Waals surface area contributed by atoms with E-state index in [2.05, 4.69) is 10.4 Å².